The van der Waals surface area contributed by atoms with Gasteiger partial charge in [-0.05, 0) is 13.8 Å². The van der Waals surface area contributed by atoms with Crippen LogP contribution >= 0.6 is 0 Å². The van der Waals surface area contributed by atoms with Gasteiger partial charge in [0.2, 0.25) is 0 Å². The molecule has 1 heterocycles. The fraction of sp³-hybridized carbons (Fsp3) is 0.800. The third kappa shape index (κ3) is 0.512. The minimum atomic E-state index is -0.875. The first-order chi connectivity index (χ1) is 3.57. The van der Waals surface area contributed by atoms with E-state index in [4.69, 9.17) is 9.84 Å². The Morgan fingerprint density at radius 2 is 2.25 bits per heavy atom. The fourth-order valence-electron chi connectivity index (χ4n) is 0.557. The highest BCUT2D eigenvalue weighted by atomic mass is 16.6. The number of carbonyl (C=O) groups is 1. The lowest BCUT2D eigenvalue weighted by molar-refractivity contribution is -0.142. The lowest BCUT2D eigenvalue weighted by Crippen LogP contribution is -2.21. The van der Waals surface area contributed by atoms with Gasteiger partial charge in [0, 0.05) is 0 Å². The number of hydrogen-bond donors (Lipinski definition) is 1. The Balaban J connectivity index is 2.60. The predicted molar refractivity (Wildman–Crippen MR) is 26.6 cm³/mol. The molecule has 0 saturated carbocycles. The van der Waals surface area contributed by atoms with Gasteiger partial charge >= 0.3 is 5.97 Å². The standard InChI is InChI=1S/C5H8O3/c1-3-5(2,8-3)4(6)7/h3H,1-2H3,(H,6,7)/t3-,5+/m0/s1. The Kier molecular flexibility index (Phi) is 0.854. The fourth-order valence-corrected chi connectivity index (χ4v) is 0.557. The van der Waals surface area contributed by atoms with Gasteiger partial charge in [-0.1, -0.05) is 0 Å². The largest absolute Gasteiger partial charge is 0.479 e. The van der Waals surface area contributed by atoms with Gasteiger partial charge in [0.15, 0.2) is 5.60 Å². The molecule has 0 radical (unpaired) electrons. The molecule has 0 bridgehead atoms. The first-order valence-corrected chi connectivity index (χ1v) is 2.48. The number of carboxylic acids is 1. The summed E-state index contributed by atoms with van der Waals surface area (Å²) >= 11 is 0. The maximum Gasteiger partial charge on any atom is 0.338 e. The molecule has 0 aromatic carbocycles. The summed E-state index contributed by atoms with van der Waals surface area (Å²) in [4.78, 5) is 10.2. The van der Waals surface area contributed by atoms with E-state index < -0.39 is 11.6 Å². The summed E-state index contributed by atoms with van der Waals surface area (Å²) in [6.07, 6.45) is -0.111. The van der Waals surface area contributed by atoms with Crippen LogP contribution in [0.5, 0.6) is 0 Å². The van der Waals surface area contributed by atoms with E-state index in [1.165, 1.54) is 0 Å². The minimum Gasteiger partial charge on any atom is -0.479 e. The van der Waals surface area contributed by atoms with E-state index in [9.17, 15) is 4.79 Å². The predicted octanol–water partition coefficient (Wildman–Crippen LogP) is 0.248. The summed E-state index contributed by atoms with van der Waals surface area (Å²) in [6.45, 7) is 3.31. The van der Waals surface area contributed by atoms with E-state index in [-0.39, 0.29) is 6.10 Å². The molecule has 3 heteroatoms. The molecule has 3 nitrogen and oxygen atoms in total. The van der Waals surface area contributed by atoms with Crippen LogP contribution in [0.1, 0.15) is 13.8 Å². The zero-order valence-electron chi connectivity index (χ0n) is 4.84. The van der Waals surface area contributed by atoms with Crippen molar-refractivity contribution >= 4 is 5.97 Å². The van der Waals surface area contributed by atoms with Crippen LogP contribution in [0.2, 0.25) is 0 Å². The van der Waals surface area contributed by atoms with Gasteiger partial charge in [0.1, 0.15) is 0 Å². The molecule has 0 aromatic rings. The van der Waals surface area contributed by atoms with Crippen LogP contribution in [-0.4, -0.2) is 22.8 Å². The number of aliphatic carboxylic acids is 1. The zero-order valence-corrected chi connectivity index (χ0v) is 4.84. The number of rotatable bonds is 1. The van der Waals surface area contributed by atoms with Crippen LogP contribution in [-0.2, 0) is 9.53 Å². The van der Waals surface area contributed by atoms with Crippen molar-refractivity contribution < 1.29 is 14.6 Å². The smallest absolute Gasteiger partial charge is 0.338 e. The van der Waals surface area contributed by atoms with E-state index in [1.54, 1.807) is 13.8 Å². The molecule has 1 fully saturated rings. The molecule has 1 N–H and O–H groups in total. The highest BCUT2D eigenvalue weighted by Gasteiger charge is 2.56. The summed E-state index contributed by atoms with van der Waals surface area (Å²) in [5, 5.41) is 8.36. The van der Waals surface area contributed by atoms with Gasteiger partial charge in [0.25, 0.3) is 0 Å². The van der Waals surface area contributed by atoms with Crippen molar-refractivity contribution in [3.8, 4) is 0 Å². The summed E-state index contributed by atoms with van der Waals surface area (Å²) in [5.41, 5.74) is -0.875. The molecule has 1 saturated heterocycles. The van der Waals surface area contributed by atoms with E-state index in [1.807, 2.05) is 0 Å². The van der Waals surface area contributed by atoms with Crippen molar-refractivity contribution in [2.75, 3.05) is 0 Å². The van der Waals surface area contributed by atoms with Crippen molar-refractivity contribution in [3.63, 3.8) is 0 Å². The Morgan fingerprint density at radius 1 is 1.88 bits per heavy atom. The first-order valence-electron chi connectivity index (χ1n) is 2.48. The molecule has 1 rings (SSSR count). The van der Waals surface area contributed by atoms with Gasteiger partial charge in [-0.2, -0.15) is 0 Å². The van der Waals surface area contributed by atoms with Crippen LogP contribution in [0.25, 0.3) is 0 Å². The molecule has 0 aliphatic carbocycles. The molecule has 0 amide bonds. The average Bonchev–Trinajstić information content (AvgIpc) is 2.17. The Labute approximate surface area is 47.3 Å². The lowest BCUT2D eigenvalue weighted by Gasteiger charge is -1.92. The second-order valence-corrected chi connectivity index (χ2v) is 2.17. The molecule has 0 aromatic heterocycles. The summed E-state index contributed by atoms with van der Waals surface area (Å²) < 4.78 is 4.77. The van der Waals surface area contributed by atoms with E-state index in [0.29, 0.717) is 0 Å². The summed E-state index contributed by atoms with van der Waals surface area (Å²) in [5.74, 6) is -0.870. The molecule has 0 unspecified atom stereocenters. The van der Waals surface area contributed by atoms with Gasteiger partial charge in [-0.25, -0.2) is 4.79 Å². The third-order valence-corrected chi connectivity index (χ3v) is 1.56. The number of carboxylic acid groups (broad SMARTS) is 1. The maximum absolute atomic E-state index is 10.2. The molecule has 1 aliphatic heterocycles. The number of ether oxygens (including phenoxy) is 1. The quantitative estimate of drug-likeness (QED) is 0.499. The molecule has 8 heavy (non-hydrogen) atoms. The summed E-state index contributed by atoms with van der Waals surface area (Å²) in [7, 11) is 0. The van der Waals surface area contributed by atoms with E-state index in [0.717, 1.165) is 0 Å². The average molecular weight is 116 g/mol. The Bertz CT molecular complexity index is 132. The first kappa shape index (κ1) is 5.56. The van der Waals surface area contributed by atoms with Gasteiger partial charge in [-0.15, -0.1) is 0 Å². The minimum absolute atomic E-state index is 0.111. The van der Waals surface area contributed by atoms with E-state index in [2.05, 4.69) is 0 Å². The highest BCUT2D eigenvalue weighted by Crippen LogP contribution is 2.35. The SMILES string of the molecule is C[C@@H]1O[C@@]1(C)C(=O)O. The number of hydrogen-bond acceptors (Lipinski definition) is 2. The van der Waals surface area contributed by atoms with Crippen LogP contribution < -0.4 is 0 Å². The zero-order chi connectivity index (χ0) is 6.36. The van der Waals surface area contributed by atoms with Crippen LogP contribution in [0.4, 0.5) is 0 Å². The summed E-state index contributed by atoms with van der Waals surface area (Å²) in [6, 6.07) is 0. The molecule has 46 valence electrons. The topological polar surface area (TPSA) is 49.8 Å². The van der Waals surface area contributed by atoms with Crippen molar-refractivity contribution in [3.05, 3.63) is 0 Å². The van der Waals surface area contributed by atoms with Crippen LogP contribution in [0.15, 0.2) is 0 Å². The van der Waals surface area contributed by atoms with Crippen LogP contribution in [0, 0.1) is 0 Å². The van der Waals surface area contributed by atoms with Crippen molar-refractivity contribution in [1.29, 1.82) is 0 Å². The molecule has 2 atom stereocenters. The second kappa shape index (κ2) is 1.23. The second-order valence-electron chi connectivity index (χ2n) is 2.17. The van der Waals surface area contributed by atoms with Crippen LogP contribution in [0.3, 0.4) is 0 Å². The van der Waals surface area contributed by atoms with Gasteiger partial charge in [-0.3, -0.25) is 0 Å². The van der Waals surface area contributed by atoms with Gasteiger partial charge < -0.3 is 9.84 Å². The number of epoxide rings is 1. The lowest BCUT2D eigenvalue weighted by atomic mass is 10.1. The normalized spacial score (nSPS) is 44.0. The van der Waals surface area contributed by atoms with E-state index >= 15 is 0 Å². The molecular weight excluding hydrogens is 108 g/mol. The molecule has 0 spiro atoms. The van der Waals surface area contributed by atoms with Crippen molar-refractivity contribution in [2.45, 2.75) is 25.6 Å². The monoisotopic (exact) mass is 116 g/mol. The Morgan fingerprint density at radius 3 is 2.25 bits per heavy atom. The highest BCUT2D eigenvalue weighted by molar-refractivity contribution is 5.80. The third-order valence-electron chi connectivity index (χ3n) is 1.56. The Hall–Kier alpha value is -0.570. The molecule has 1 aliphatic rings. The van der Waals surface area contributed by atoms with Crippen molar-refractivity contribution in [1.82, 2.24) is 0 Å². The van der Waals surface area contributed by atoms with Gasteiger partial charge in [0.05, 0.1) is 6.10 Å². The van der Waals surface area contributed by atoms with Crippen molar-refractivity contribution in [2.24, 2.45) is 0 Å². The maximum atomic E-state index is 10.2. The molecular formula is C5H8O3.